The van der Waals surface area contributed by atoms with Crippen LogP contribution in [-0.4, -0.2) is 34.6 Å². The van der Waals surface area contributed by atoms with Crippen LogP contribution in [0, 0.1) is 11.8 Å². The number of carboxylic acids is 1. The summed E-state index contributed by atoms with van der Waals surface area (Å²) in [5.41, 5.74) is -0.453. The number of hydrogen-bond acceptors (Lipinski definition) is 2. The van der Waals surface area contributed by atoms with E-state index in [1.54, 1.807) is 0 Å². The molecule has 15 heavy (non-hydrogen) atoms. The molecule has 3 rings (SSSR count). The third kappa shape index (κ3) is 1.13. The summed E-state index contributed by atoms with van der Waals surface area (Å²) < 4.78 is 0. The van der Waals surface area contributed by atoms with Crippen molar-refractivity contribution in [3.05, 3.63) is 0 Å². The van der Waals surface area contributed by atoms with Gasteiger partial charge in [0.2, 0.25) is 0 Å². The minimum absolute atomic E-state index is 0.450. The molecule has 0 radical (unpaired) electrons. The van der Waals surface area contributed by atoms with Gasteiger partial charge in [-0.15, -0.1) is 0 Å². The SMILES string of the molecule is O=C(O)[C@@]12CCCN1C[C@H]1CCCC[C@H]12. The molecule has 0 aromatic rings. The van der Waals surface area contributed by atoms with Crippen LogP contribution in [0.2, 0.25) is 0 Å². The van der Waals surface area contributed by atoms with Crippen molar-refractivity contribution in [1.29, 1.82) is 0 Å². The van der Waals surface area contributed by atoms with Crippen molar-refractivity contribution in [2.24, 2.45) is 11.8 Å². The van der Waals surface area contributed by atoms with Gasteiger partial charge < -0.3 is 5.11 Å². The Morgan fingerprint density at radius 3 is 2.87 bits per heavy atom. The fraction of sp³-hybridized carbons (Fsp3) is 0.917. The van der Waals surface area contributed by atoms with Crippen LogP contribution in [-0.2, 0) is 4.79 Å². The van der Waals surface area contributed by atoms with E-state index < -0.39 is 11.5 Å². The van der Waals surface area contributed by atoms with Crippen molar-refractivity contribution in [2.75, 3.05) is 13.1 Å². The summed E-state index contributed by atoms with van der Waals surface area (Å²) in [5, 5.41) is 9.57. The van der Waals surface area contributed by atoms with Gasteiger partial charge in [0.05, 0.1) is 0 Å². The molecule has 0 unspecified atom stereocenters. The zero-order valence-corrected chi connectivity index (χ0v) is 9.11. The first-order valence-electron chi connectivity index (χ1n) is 6.23. The molecule has 0 amide bonds. The van der Waals surface area contributed by atoms with Gasteiger partial charge in [-0.2, -0.15) is 0 Å². The maximum Gasteiger partial charge on any atom is 0.324 e. The first-order chi connectivity index (χ1) is 7.25. The van der Waals surface area contributed by atoms with Crippen LogP contribution >= 0.6 is 0 Å². The van der Waals surface area contributed by atoms with Crippen molar-refractivity contribution >= 4 is 5.97 Å². The molecule has 1 aliphatic carbocycles. The molecule has 3 fully saturated rings. The molecular weight excluding hydrogens is 190 g/mol. The van der Waals surface area contributed by atoms with E-state index in [4.69, 9.17) is 0 Å². The smallest absolute Gasteiger partial charge is 0.324 e. The Morgan fingerprint density at radius 2 is 2.07 bits per heavy atom. The van der Waals surface area contributed by atoms with E-state index in [1.165, 1.54) is 19.3 Å². The van der Waals surface area contributed by atoms with E-state index in [1.807, 2.05) is 0 Å². The Hall–Kier alpha value is -0.570. The third-order valence-corrected chi connectivity index (χ3v) is 4.90. The first kappa shape index (κ1) is 9.64. The van der Waals surface area contributed by atoms with Crippen LogP contribution < -0.4 is 0 Å². The Morgan fingerprint density at radius 1 is 1.27 bits per heavy atom. The van der Waals surface area contributed by atoms with Gasteiger partial charge in [0.25, 0.3) is 0 Å². The van der Waals surface area contributed by atoms with Gasteiger partial charge in [-0.25, -0.2) is 0 Å². The molecule has 0 bridgehead atoms. The van der Waals surface area contributed by atoms with Gasteiger partial charge in [-0.1, -0.05) is 12.8 Å². The van der Waals surface area contributed by atoms with Gasteiger partial charge in [0.15, 0.2) is 0 Å². The lowest BCUT2D eigenvalue weighted by Gasteiger charge is -2.35. The summed E-state index contributed by atoms with van der Waals surface area (Å²) in [6.07, 6.45) is 6.93. The second-order valence-corrected chi connectivity index (χ2v) is 5.43. The first-order valence-corrected chi connectivity index (χ1v) is 6.23. The highest BCUT2D eigenvalue weighted by molar-refractivity contribution is 5.80. The molecular formula is C12H19NO2. The van der Waals surface area contributed by atoms with E-state index >= 15 is 0 Å². The summed E-state index contributed by atoms with van der Waals surface area (Å²) in [5.74, 6) is 0.579. The second-order valence-electron chi connectivity index (χ2n) is 5.43. The molecule has 2 saturated heterocycles. The number of fused-ring (bicyclic) bond motifs is 3. The van der Waals surface area contributed by atoms with Gasteiger partial charge in [0.1, 0.15) is 5.54 Å². The van der Waals surface area contributed by atoms with Crippen molar-refractivity contribution in [2.45, 2.75) is 44.1 Å². The Kier molecular flexibility index (Phi) is 2.06. The summed E-state index contributed by atoms with van der Waals surface area (Å²) in [6.45, 7) is 2.07. The van der Waals surface area contributed by atoms with Crippen LogP contribution in [0.4, 0.5) is 0 Å². The normalized spacial score (nSPS) is 45.1. The van der Waals surface area contributed by atoms with Crippen LogP contribution in [0.15, 0.2) is 0 Å². The molecule has 1 saturated carbocycles. The van der Waals surface area contributed by atoms with Gasteiger partial charge >= 0.3 is 5.97 Å². The summed E-state index contributed by atoms with van der Waals surface area (Å²) in [4.78, 5) is 13.9. The average Bonchev–Trinajstić information content (AvgIpc) is 2.73. The number of carbonyl (C=O) groups is 1. The highest BCUT2D eigenvalue weighted by atomic mass is 16.4. The summed E-state index contributed by atoms with van der Waals surface area (Å²) in [7, 11) is 0. The monoisotopic (exact) mass is 209 g/mol. The molecule has 3 aliphatic rings. The predicted molar refractivity (Wildman–Crippen MR) is 56.6 cm³/mol. The fourth-order valence-electron chi connectivity index (χ4n) is 4.31. The molecule has 0 aromatic carbocycles. The molecule has 2 aliphatic heterocycles. The Labute approximate surface area is 90.5 Å². The lowest BCUT2D eigenvalue weighted by molar-refractivity contribution is -0.150. The van der Waals surface area contributed by atoms with Crippen molar-refractivity contribution in [1.82, 2.24) is 4.90 Å². The highest BCUT2D eigenvalue weighted by Crippen LogP contribution is 2.51. The molecule has 1 N–H and O–H groups in total. The second kappa shape index (κ2) is 3.21. The molecule has 0 spiro atoms. The lowest BCUT2D eigenvalue weighted by atomic mass is 9.71. The summed E-state index contributed by atoms with van der Waals surface area (Å²) in [6, 6.07) is 0. The Balaban J connectivity index is 1.96. The minimum Gasteiger partial charge on any atom is -0.480 e. The van der Waals surface area contributed by atoms with Gasteiger partial charge in [-0.05, 0) is 44.1 Å². The number of rotatable bonds is 1. The van der Waals surface area contributed by atoms with Crippen molar-refractivity contribution in [3.8, 4) is 0 Å². The van der Waals surface area contributed by atoms with Crippen LogP contribution in [0.5, 0.6) is 0 Å². The van der Waals surface area contributed by atoms with E-state index in [9.17, 15) is 9.90 Å². The lowest BCUT2D eigenvalue weighted by Crippen LogP contribution is -2.50. The number of aliphatic carboxylic acids is 1. The standard InChI is InChI=1S/C12H19NO2/c14-11(15)12-6-3-7-13(12)8-9-4-1-2-5-10(9)12/h9-10H,1-8H2,(H,14,15)/t9-,10-,12+/m1/s1. The van der Waals surface area contributed by atoms with E-state index in [0.29, 0.717) is 11.8 Å². The van der Waals surface area contributed by atoms with Crippen molar-refractivity contribution < 1.29 is 9.90 Å². The molecule has 3 atom stereocenters. The van der Waals surface area contributed by atoms with Crippen LogP contribution in [0.1, 0.15) is 38.5 Å². The largest absolute Gasteiger partial charge is 0.480 e. The predicted octanol–water partition coefficient (Wildman–Crippen LogP) is 1.73. The molecule has 0 aromatic heterocycles. The van der Waals surface area contributed by atoms with Gasteiger partial charge in [0, 0.05) is 6.54 Å². The third-order valence-electron chi connectivity index (χ3n) is 4.90. The molecule has 84 valence electrons. The molecule has 3 heteroatoms. The minimum atomic E-state index is -0.547. The van der Waals surface area contributed by atoms with Crippen molar-refractivity contribution in [3.63, 3.8) is 0 Å². The molecule has 2 heterocycles. The highest BCUT2D eigenvalue weighted by Gasteiger charge is 2.60. The molecule has 3 nitrogen and oxygen atoms in total. The van der Waals surface area contributed by atoms with E-state index in [-0.39, 0.29) is 0 Å². The summed E-state index contributed by atoms with van der Waals surface area (Å²) >= 11 is 0. The fourth-order valence-corrected chi connectivity index (χ4v) is 4.31. The van der Waals surface area contributed by atoms with Gasteiger partial charge in [-0.3, -0.25) is 9.69 Å². The van der Waals surface area contributed by atoms with Crippen LogP contribution in [0.25, 0.3) is 0 Å². The average molecular weight is 209 g/mol. The maximum atomic E-state index is 11.6. The number of nitrogens with zero attached hydrogens (tertiary/aromatic N) is 1. The van der Waals surface area contributed by atoms with E-state index in [0.717, 1.165) is 32.4 Å². The quantitative estimate of drug-likeness (QED) is 0.715. The maximum absolute atomic E-state index is 11.6. The van der Waals surface area contributed by atoms with E-state index in [2.05, 4.69) is 4.90 Å². The Bertz CT molecular complexity index is 291. The topological polar surface area (TPSA) is 40.5 Å². The van der Waals surface area contributed by atoms with Crippen LogP contribution in [0.3, 0.4) is 0 Å². The number of carboxylic acid groups (broad SMARTS) is 1. The zero-order valence-electron chi connectivity index (χ0n) is 9.11. The number of hydrogen-bond donors (Lipinski definition) is 1. The zero-order chi connectivity index (χ0) is 10.5.